The Morgan fingerprint density at radius 1 is 0.958 bits per heavy atom. The van der Waals surface area contributed by atoms with Gasteiger partial charge in [0.05, 0.1) is 21.3 Å². The second-order valence-electron chi connectivity index (χ2n) is 5.41. The van der Waals surface area contributed by atoms with E-state index >= 15 is 0 Å². The van der Waals surface area contributed by atoms with E-state index in [1.807, 2.05) is 19.1 Å². The lowest BCUT2D eigenvalue weighted by atomic mass is 10.1. The van der Waals surface area contributed by atoms with Gasteiger partial charge in [-0.15, -0.1) is 0 Å². The van der Waals surface area contributed by atoms with Gasteiger partial charge in [-0.3, -0.25) is 4.79 Å². The lowest BCUT2D eigenvalue weighted by molar-refractivity contribution is 0.0953. The fourth-order valence-electron chi connectivity index (χ4n) is 2.46. The van der Waals surface area contributed by atoms with Crippen LogP contribution in [-0.2, 0) is 6.42 Å². The Bertz CT molecular complexity index is 690. The summed E-state index contributed by atoms with van der Waals surface area (Å²) in [6, 6.07) is 11.1. The molecule has 1 amide bonds. The van der Waals surface area contributed by atoms with Crippen LogP contribution in [0.1, 0.15) is 21.5 Å². The topological polar surface area (TPSA) is 56.8 Å². The monoisotopic (exact) mass is 329 g/mol. The lowest BCUT2D eigenvalue weighted by Gasteiger charge is -2.10. The summed E-state index contributed by atoms with van der Waals surface area (Å²) in [5.41, 5.74) is 2.74. The average Bonchev–Trinajstić information content (AvgIpc) is 2.61. The van der Waals surface area contributed by atoms with Gasteiger partial charge in [-0.05, 0) is 42.7 Å². The van der Waals surface area contributed by atoms with Crippen LogP contribution in [0, 0.1) is 6.92 Å². The molecule has 0 radical (unpaired) electrons. The highest BCUT2D eigenvalue weighted by Gasteiger charge is 2.09. The first-order valence-corrected chi connectivity index (χ1v) is 7.72. The molecule has 2 aromatic rings. The number of hydrogen-bond donors (Lipinski definition) is 1. The Balaban J connectivity index is 1.97. The molecule has 5 heteroatoms. The van der Waals surface area contributed by atoms with Gasteiger partial charge in [-0.1, -0.05) is 12.1 Å². The lowest BCUT2D eigenvalue weighted by Crippen LogP contribution is -2.25. The van der Waals surface area contributed by atoms with Crippen LogP contribution in [0.15, 0.2) is 36.4 Å². The highest BCUT2D eigenvalue weighted by atomic mass is 16.5. The quantitative estimate of drug-likeness (QED) is 0.848. The number of aryl methyl sites for hydroxylation is 1. The van der Waals surface area contributed by atoms with Crippen molar-refractivity contribution >= 4 is 5.91 Å². The second kappa shape index (κ2) is 8.24. The first-order chi connectivity index (χ1) is 11.6. The number of rotatable bonds is 7. The molecule has 1 N–H and O–H groups in total. The van der Waals surface area contributed by atoms with Crippen molar-refractivity contribution in [1.82, 2.24) is 5.32 Å². The summed E-state index contributed by atoms with van der Waals surface area (Å²) in [4.78, 5) is 12.3. The van der Waals surface area contributed by atoms with Crippen LogP contribution in [0.25, 0.3) is 0 Å². The number of hydrogen-bond acceptors (Lipinski definition) is 4. The van der Waals surface area contributed by atoms with Crippen molar-refractivity contribution in [3.63, 3.8) is 0 Å². The van der Waals surface area contributed by atoms with Gasteiger partial charge in [-0.25, -0.2) is 0 Å². The standard InChI is InChI=1S/C19H23NO4/c1-13-9-14(5-6-18(13)24-4)7-8-20-19(21)15-10-16(22-2)12-17(11-15)23-3/h5-6,9-12H,7-8H2,1-4H3,(H,20,21). The van der Waals surface area contributed by atoms with Crippen LogP contribution in [0.3, 0.4) is 0 Å². The molecule has 0 saturated heterocycles. The molecule has 128 valence electrons. The Hall–Kier alpha value is -2.69. The summed E-state index contributed by atoms with van der Waals surface area (Å²) in [7, 11) is 4.77. The summed E-state index contributed by atoms with van der Waals surface area (Å²) in [5.74, 6) is 1.89. The first-order valence-electron chi connectivity index (χ1n) is 7.72. The molecule has 0 bridgehead atoms. The molecule has 0 aliphatic carbocycles. The van der Waals surface area contributed by atoms with Crippen molar-refractivity contribution in [2.75, 3.05) is 27.9 Å². The molecule has 0 heterocycles. The first kappa shape index (κ1) is 17.7. The molecule has 2 rings (SSSR count). The second-order valence-corrected chi connectivity index (χ2v) is 5.41. The number of ether oxygens (including phenoxy) is 3. The number of carbonyl (C=O) groups is 1. The predicted octanol–water partition coefficient (Wildman–Crippen LogP) is 2.99. The van der Waals surface area contributed by atoms with E-state index in [4.69, 9.17) is 14.2 Å². The normalized spacial score (nSPS) is 10.2. The maximum absolute atomic E-state index is 12.3. The smallest absolute Gasteiger partial charge is 0.251 e. The summed E-state index contributed by atoms with van der Waals surface area (Å²) in [5, 5.41) is 2.92. The average molecular weight is 329 g/mol. The van der Waals surface area contributed by atoms with Crippen molar-refractivity contribution in [3.8, 4) is 17.2 Å². The van der Waals surface area contributed by atoms with Crippen LogP contribution < -0.4 is 19.5 Å². The predicted molar refractivity (Wildman–Crippen MR) is 93.3 cm³/mol. The van der Waals surface area contributed by atoms with E-state index in [2.05, 4.69) is 11.4 Å². The molecule has 0 aliphatic heterocycles. The molecule has 0 saturated carbocycles. The zero-order chi connectivity index (χ0) is 17.5. The van der Waals surface area contributed by atoms with Crippen LogP contribution in [-0.4, -0.2) is 33.8 Å². The van der Waals surface area contributed by atoms with Crippen LogP contribution >= 0.6 is 0 Å². The van der Waals surface area contributed by atoms with Crippen molar-refractivity contribution in [3.05, 3.63) is 53.1 Å². The van der Waals surface area contributed by atoms with Gasteiger partial charge < -0.3 is 19.5 Å². The Labute approximate surface area is 142 Å². The van der Waals surface area contributed by atoms with Gasteiger partial charge in [0.2, 0.25) is 0 Å². The Morgan fingerprint density at radius 2 is 1.62 bits per heavy atom. The minimum absolute atomic E-state index is 0.155. The maximum Gasteiger partial charge on any atom is 0.251 e. The Kier molecular flexibility index (Phi) is 6.07. The molecule has 0 aliphatic rings. The van der Waals surface area contributed by atoms with Crippen molar-refractivity contribution in [2.24, 2.45) is 0 Å². The van der Waals surface area contributed by atoms with Gasteiger partial charge in [-0.2, -0.15) is 0 Å². The Morgan fingerprint density at radius 3 is 2.17 bits per heavy atom. The largest absolute Gasteiger partial charge is 0.497 e. The number of benzene rings is 2. The van der Waals surface area contributed by atoms with Gasteiger partial charge in [0.15, 0.2) is 0 Å². The van der Waals surface area contributed by atoms with Gasteiger partial charge in [0.25, 0.3) is 5.91 Å². The minimum Gasteiger partial charge on any atom is -0.497 e. The van der Waals surface area contributed by atoms with E-state index in [9.17, 15) is 4.79 Å². The number of amides is 1. The fourth-order valence-corrected chi connectivity index (χ4v) is 2.46. The van der Waals surface area contributed by atoms with E-state index in [1.54, 1.807) is 39.5 Å². The minimum atomic E-state index is -0.155. The summed E-state index contributed by atoms with van der Waals surface area (Å²) >= 11 is 0. The third-order valence-electron chi connectivity index (χ3n) is 3.77. The molecule has 0 unspecified atom stereocenters. The molecule has 0 aromatic heterocycles. The number of carbonyl (C=O) groups excluding carboxylic acids is 1. The third-order valence-corrected chi connectivity index (χ3v) is 3.77. The van der Waals surface area contributed by atoms with Gasteiger partial charge in [0, 0.05) is 18.2 Å². The zero-order valence-corrected chi connectivity index (χ0v) is 14.5. The zero-order valence-electron chi connectivity index (χ0n) is 14.5. The van der Waals surface area contributed by atoms with E-state index < -0.39 is 0 Å². The molecular weight excluding hydrogens is 306 g/mol. The summed E-state index contributed by atoms with van der Waals surface area (Å²) in [6.07, 6.45) is 0.748. The van der Waals surface area contributed by atoms with Crippen LogP contribution in [0.2, 0.25) is 0 Å². The van der Waals surface area contributed by atoms with Gasteiger partial charge in [0.1, 0.15) is 17.2 Å². The highest BCUT2D eigenvalue weighted by Crippen LogP contribution is 2.22. The number of methoxy groups -OCH3 is 3. The van der Waals surface area contributed by atoms with Gasteiger partial charge >= 0.3 is 0 Å². The SMILES string of the molecule is COc1cc(OC)cc(C(=O)NCCc2ccc(OC)c(C)c2)c1. The fraction of sp³-hybridized carbons (Fsp3) is 0.316. The van der Waals surface area contributed by atoms with E-state index in [-0.39, 0.29) is 5.91 Å². The molecular formula is C19H23NO4. The van der Waals surface area contributed by atoms with E-state index in [0.717, 1.165) is 23.3 Å². The van der Waals surface area contributed by atoms with Crippen LogP contribution in [0.5, 0.6) is 17.2 Å². The maximum atomic E-state index is 12.3. The third kappa shape index (κ3) is 4.41. The molecule has 24 heavy (non-hydrogen) atoms. The van der Waals surface area contributed by atoms with E-state index in [0.29, 0.717) is 23.6 Å². The molecule has 5 nitrogen and oxygen atoms in total. The van der Waals surface area contributed by atoms with Crippen molar-refractivity contribution < 1.29 is 19.0 Å². The summed E-state index contributed by atoms with van der Waals surface area (Å²) < 4.78 is 15.6. The molecule has 0 fully saturated rings. The van der Waals surface area contributed by atoms with Crippen molar-refractivity contribution in [2.45, 2.75) is 13.3 Å². The molecule has 0 spiro atoms. The van der Waals surface area contributed by atoms with Crippen molar-refractivity contribution in [1.29, 1.82) is 0 Å². The summed E-state index contributed by atoms with van der Waals surface area (Å²) in [6.45, 7) is 2.55. The molecule has 2 aromatic carbocycles. The molecule has 0 atom stereocenters. The van der Waals surface area contributed by atoms with Crippen LogP contribution in [0.4, 0.5) is 0 Å². The highest BCUT2D eigenvalue weighted by molar-refractivity contribution is 5.95. The van der Waals surface area contributed by atoms with E-state index in [1.165, 1.54) is 0 Å². The number of nitrogens with one attached hydrogen (secondary N) is 1.